The van der Waals surface area contributed by atoms with Crippen molar-refractivity contribution in [3.8, 4) is 0 Å². The third-order valence-corrected chi connectivity index (χ3v) is 4.88. The molecule has 1 aliphatic carbocycles. The van der Waals surface area contributed by atoms with Gasteiger partial charge in [-0.05, 0) is 41.4 Å². The molecular formula is C17H17Br. The summed E-state index contributed by atoms with van der Waals surface area (Å²) < 4.78 is 1.24. The highest BCUT2D eigenvalue weighted by atomic mass is 79.9. The first-order valence-electron chi connectivity index (χ1n) is 6.47. The van der Waals surface area contributed by atoms with E-state index in [1.54, 1.807) is 0 Å². The Kier molecular flexibility index (Phi) is 3.03. The molecule has 0 bridgehead atoms. The fourth-order valence-electron chi connectivity index (χ4n) is 2.89. The maximum absolute atomic E-state index is 3.65. The van der Waals surface area contributed by atoms with E-state index >= 15 is 0 Å². The lowest BCUT2D eigenvalue weighted by molar-refractivity contribution is 0.545. The maximum atomic E-state index is 3.65. The normalized spacial score (nSPS) is 26.0. The van der Waals surface area contributed by atoms with Crippen molar-refractivity contribution in [1.29, 1.82) is 0 Å². The topological polar surface area (TPSA) is 0 Å². The Bertz CT molecular complexity index is 547. The Morgan fingerprint density at radius 2 is 1.72 bits per heavy atom. The Labute approximate surface area is 117 Å². The van der Waals surface area contributed by atoms with Gasteiger partial charge < -0.3 is 0 Å². The third-order valence-electron chi connectivity index (χ3n) is 4.11. The molecule has 0 N–H and O–H groups in total. The standard InChI is InChI=1S/C17H17Br/c1-17(11-14-9-5-6-10-16(14)18)12-15(17)13-7-3-2-4-8-13/h2-10,15H,11-12H2,1H3/t15-,17+/m1/s1. The number of halogens is 1. The summed E-state index contributed by atoms with van der Waals surface area (Å²) in [4.78, 5) is 0. The molecule has 3 rings (SSSR count). The van der Waals surface area contributed by atoms with Gasteiger partial charge in [0.05, 0.1) is 0 Å². The second kappa shape index (κ2) is 4.55. The lowest BCUT2D eigenvalue weighted by Gasteiger charge is -2.13. The fraction of sp³-hybridized carbons (Fsp3) is 0.294. The average Bonchev–Trinajstić information content (AvgIpc) is 3.05. The van der Waals surface area contributed by atoms with Crippen molar-refractivity contribution in [2.24, 2.45) is 5.41 Å². The second-order valence-electron chi connectivity index (χ2n) is 5.59. The molecule has 0 spiro atoms. The summed E-state index contributed by atoms with van der Waals surface area (Å²) in [5.41, 5.74) is 3.36. The van der Waals surface area contributed by atoms with Gasteiger partial charge in [-0.2, -0.15) is 0 Å². The highest BCUT2D eigenvalue weighted by Gasteiger charge is 2.50. The van der Waals surface area contributed by atoms with Gasteiger partial charge in [-0.15, -0.1) is 0 Å². The zero-order valence-corrected chi connectivity index (χ0v) is 12.2. The van der Waals surface area contributed by atoms with Crippen molar-refractivity contribution in [1.82, 2.24) is 0 Å². The fourth-order valence-corrected chi connectivity index (χ4v) is 3.31. The SMILES string of the molecule is C[C@]1(Cc2ccccc2Br)C[C@@H]1c1ccccc1. The van der Waals surface area contributed by atoms with Crippen molar-refractivity contribution in [3.05, 3.63) is 70.2 Å². The molecule has 2 atom stereocenters. The van der Waals surface area contributed by atoms with Gasteiger partial charge in [0.1, 0.15) is 0 Å². The molecule has 0 saturated heterocycles. The molecule has 1 saturated carbocycles. The van der Waals surface area contributed by atoms with Gasteiger partial charge in [-0.3, -0.25) is 0 Å². The van der Waals surface area contributed by atoms with E-state index in [1.807, 2.05) is 0 Å². The number of hydrogen-bond acceptors (Lipinski definition) is 0. The van der Waals surface area contributed by atoms with Crippen LogP contribution in [0.1, 0.15) is 30.4 Å². The van der Waals surface area contributed by atoms with Crippen LogP contribution in [0, 0.1) is 5.41 Å². The van der Waals surface area contributed by atoms with E-state index in [9.17, 15) is 0 Å². The zero-order chi connectivity index (χ0) is 12.6. The smallest absolute Gasteiger partial charge is 0.0207 e. The van der Waals surface area contributed by atoms with Crippen LogP contribution in [0.2, 0.25) is 0 Å². The summed E-state index contributed by atoms with van der Waals surface area (Å²) in [5, 5.41) is 0. The summed E-state index contributed by atoms with van der Waals surface area (Å²) in [6.45, 7) is 2.41. The van der Waals surface area contributed by atoms with Crippen molar-refractivity contribution in [3.63, 3.8) is 0 Å². The first-order chi connectivity index (χ1) is 8.69. The van der Waals surface area contributed by atoms with Gasteiger partial charge in [-0.25, -0.2) is 0 Å². The quantitative estimate of drug-likeness (QED) is 0.732. The Morgan fingerprint density at radius 1 is 1.06 bits per heavy atom. The van der Waals surface area contributed by atoms with E-state index < -0.39 is 0 Å². The van der Waals surface area contributed by atoms with Gasteiger partial charge in [0.2, 0.25) is 0 Å². The summed E-state index contributed by atoms with van der Waals surface area (Å²) in [6, 6.07) is 19.5. The monoisotopic (exact) mass is 300 g/mol. The molecule has 1 fully saturated rings. The summed E-state index contributed by atoms with van der Waals surface area (Å²) in [6.07, 6.45) is 2.46. The molecule has 2 aromatic carbocycles. The first-order valence-corrected chi connectivity index (χ1v) is 7.27. The molecule has 1 aliphatic rings. The van der Waals surface area contributed by atoms with E-state index in [1.165, 1.54) is 22.0 Å². The molecule has 0 nitrogen and oxygen atoms in total. The van der Waals surface area contributed by atoms with Crippen LogP contribution in [0.4, 0.5) is 0 Å². The molecule has 0 amide bonds. The van der Waals surface area contributed by atoms with Crippen LogP contribution < -0.4 is 0 Å². The van der Waals surface area contributed by atoms with Gasteiger partial charge >= 0.3 is 0 Å². The largest absolute Gasteiger partial charge is 0.0622 e. The molecule has 2 aromatic rings. The van der Waals surface area contributed by atoms with E-state index in [4.69, 9.17) is 0 Å². The predicted octanol–water partition coefficient (Wildman–Crippen LogP) is 5.19. The van der Waals surface area contributed by atoms with Gasteiger partial charge in [-0.1, -0.05) is 71.4 Å². The highest BCUT2D eigenvalue weighted by molar-refractivity contribution is 9.10. The van der Waals surface area contributed by atoms with Crippen LogP contribution in [0.5, 0.6) is 0 Å². The van der Waals surface area contributed by atoms with Crippen LogP contribution >= 0.6 is 15.9 Å². The molecule has 92 valence electrons. The van der Waals surface area contributed by atoms with Crippen molar-refractivity contribution in [2.45, 2.75) is 25.7 Å². The minimum Gasteiger partial charge on any atom is -0.0622 e. The molecule has 0 unspecified atom stereocenters. The van der Waals surface area contributed by atoms with Gasteiger partial charge in [0.15, 0.2) is 0 Å². The zero-order valence-electron chi connectivity index (χ0n) is 10.6. The Hall–Kier alpha value is -1.08. The van der Waals surface area contributed by atoms with E-state index in [-0.39, 0.29) is 0 Å². The summed E-state index contributed by atoms with van der Waals surface area (Å²) in [7, 11) is 0. The van der Waals surface area contributed by atoms with Crippen molar-refractivity contribution >= 4 is 15.9 Å². The minimum atomic E-state index is 0.436. The van der Waals surface area contributed by atoms with E-state index in [0.29, 0.717) is 5.41 Å². The Morgan fingerprint density at radius 3 is 2.44 bits per heavy atom. The predicted molar refractivity (Wildman–Crippen MR) is 79.8 cm³/mol. The van der Waals surface area contributed by atoms with Crippen LogP contribution in [0.3, 0.4) is 0 Å². The van der Waals surface area contributed by atoms with Crippen LogP contribution in [0.25, 0.3) is 0 Å². The van der Waals surface area contributed by atoms with Crippen molar-refractivity contribution in [2.75, 3.05) is 0 Å². The molecular weight excluding hydrogens is 284 g/mol. The summed E-state index contributed by atoms with van der Waals surface area (Å²) in [5.74, 6) is 0.728. The molecule has 0 radical (unpaired) electrons. The molecule has 18 heavy (non-hydrogen) atoms. The number of benzene rings is 2. The third kappa shape index (κ3) is 2.24. The van der Waals surface area contributed by atoms with Crippen LogP contribution in [-0.4, -0.2) is 0 Å². The van der Waals surface area contributed by atoms with Crippen molar-refractivity contribution < 1.29 is 0 Å². The number of rotatable bonds is 3. The molecule has 0 aliphatic heterocycles. The maximum Gasteiger partial charge on any atom is 0.0207 e. The Balaban J connectivity index is 1.78. The minimum absolute atomic E-state index is 0.436. The van der Waals surface area contributed by atoms with E-state index in [0.717, 1.165) is 12.3 Å². The van der Waals surface area contributed by atoms with Crippen LogP contribution in [0.15, 0.2) is 59.1 Å². The molecule has 0 aromatic heterocycles. The first kappa shape index (κ1) is 12.0. The lowest BCUT2D eigenvalue weighted by Crippen LogP contribution is -2.03. The average molecular weight is 301 g/mol. The van der Waals surface area contributed by atoms with Gasteiger partial charge in [0, 0.05) is 4.47 Å². The second-order valence-corrected chi connectivity index (χ2v) is 6.44. The number of hydrogen-bond donors (Lipinski definition) is 0. The highest BCUT2D eigenvalue weighted by Crippen LogP contribution is 2.60. The van der Waals surface area contributed by atoms with Crippen LogP contribution in [-0.2, 0) is 6.42 Å². The lowest BCUT2D eigenvalue weighted by atomic mass is 9.93. The molecule has 1 heteroatoms. The molecule has 0 heterocycles. The summed E-state index contributed by atoms with van der Waals surface area (Å²) >= 11 is 3.65. The van der Waals surface area contributed by atoms with Gasteiger partial charge in [0.25, 0.3) is 0 Å². The van der Waals surface area contributed by atoms with E-state index in [2.05, 4.69) is 77.5 Å².